The van der Waals surface area contributed by atoms with E-state index in [0.29, 0.717) is 10.6 Å². The summed E-state index contributed by atoms with van der Waals surface area (Å²) < 4.78 is 73.5. The maximum atomic E-state index is 13.3. The van der Waals surface area contributed by atoms with Crippen molar-refractivity contribution in [2.45, 2.75) is 19.1 Å². The molecule has 0 spiro atoms. The van der Waals surface area contributed by atoms with E-state index in [0.717, 1.165) is 12.3 Å². The summed E-state index contributed by atoms with van der Waals surface area (Å²) in [7, 11) is -2.37. The Morgan fingerprint density at radius 1 is 1.11 bits per heavy atom. The van der Waals surface area contributed by atoms with E-state index in [-0.39, 0.29) is 23.5 Å². The fraction of sp³-hybridized carbons (Fsp3) is 0.318. The summed E-state index contributed by atoms with van der Waals surface area (Å²) in [5.74, 6) is -4.40. The predicted molar refractivity (Wildman–Crippen MR) is 118 cm³/mol. The molecule has 35 heavy (non-hydrogen) atoms. The van der Waals surface area contributed by atoms with Gasteiger partial charge < -0.3 is 14.8 Å². The highest BCUT2D eigenvalue weighted by molar-refractivity contribution is 7.90. The lowest BCUT2D eigenvalue weighted by atomic mass is 10.1. The van der Waals surface area contributed by atoms with Crippen molar-refractivity contribution in [2.75, 3.05) is 31.0 Å². The number of anilines is 1. The van der Waals surface area contributed by atoms with Crippen molar-refractivity contribution < 1.29 is 45.4 Å². The predicted octanol–water partition coefficient (Wildman–Crippen LogP) is 2.98. The molecule has 0 radical (unpaired) electrons. The first-order valence-corrected chi connectivity index (χ1v) is 12.2. The number of sulfone groups is 1. The van der Waals surface area contributed by atoms with E-state index < -0.39 is 56.8 Å². The molecular formula is C22H21F3N2O7S. The fourth-order valence-corrected chi connectivity index (χ4v) is 4.57. The van der Waals surface area contributed by atoms with Gasteiger partial charge in [-0.05, 0) is 36.8 Å². The van der Waals surface area contributed by atoms with Crippen molar-refractivity contribution in [3.8, 4) is 11.5 Å². The topological polar surface area (TPSA) is 119 Å². The maximum absolute atomic E-state index is 13.3. The number of amides is 3. The Labute approximate surface area is 198 Å². The van der Waals surface area contributed by atoms with Crippen LogP contribution in [-0.4, -0.2) is 62.9 Å². The summed E-state index contributed by atoms with van der Waals surface area (Å²) >= 11 is 0. The van der Waals surface area contributed by atoms with Gasteiger partial charge in [0.1, 0.15) is 9.84 Å². The highest BCUT2D eigenvalue weighted by Gasteiger charge is 2.45. The van der Waals surface area contributed by atoms with Crippen molar-refractivity contribution >= 4 is 33.2 Å². The molecule has 2 aromatic rings. The van der Waals surface area contributed by atoms with Gasteiger partial charge in [0.15, 0.2) is 11.5 Å². The van der Waals surface area contributed by atoms with Gasteiger partial charge in [-0.3, -0.25) is 19.3 Å². The molecule has 0 bridgehead atoms. The third-order valence-corrected chi connectivity index (χ3v) is 6.02. The van der Waals surface area contributed by atoms with E-state index in [1.807, 2.05) is 0 Å². The summed E-state index contributed by atoms with van der Waals surface area (Å²) in [5, 5.41) is 1.60. The SMILES string of the molecule is CCOc1cc(C(CS(C)(=O)=O)N2C(=O)c3cccc(NC(=O)C(F)(F)F)c3C2=O)ccc1OC. The number of halogens is 3. The molecule has 9 nitrogen and oxygen atoms in total. The number of nitrogens with one attached hydrogen (secondary N) is 1. The lowest BCUT2D eigenvalue weighted by Crippen LogP contribution is -2.38. The van der Waals surface area contributed by atoms with Gasteiger partial charge in [-0.2, -0.15) is 13.2 Å². The van der Waals surface area contributed by atoms with Crippen molar-refractivity contribution in [1.82, 2.24) is 4.90 Å². The normalized spacial score (nSPS) is 14.5. The van der Waals surface area contributed by atoms with E-state index in [1.165, 1.54) is 37.4 Å². The number of hydrogen-bond acceptors (Lipinski definition) is 7. The summed E-state index contributed by atoms with van der Waals surface area (Å²) in [6.07, 6.45) is -4.31. The van der Waals surface area contributed by atoms with Crippen molar-refractivity contribution in [3.05, 3.63) is 53.1 Å². The molecule has 0 saturated heterocycles. The molecule has 3 rings (SSSR count). The Bertz CT molecular complexity index is 1290. The first-order chi connectivity index (χ1) is 16.3. The van der Waals surface area contributed by atoms with Gasteiger partial charge in [0.2, 0.25) is 0 Å². The first kappa shape index (κ1) is 26.0. The van der Waals surface area contributed by atoms with Crippen molar-refractivity contribution in [2.24, 2.45) is 0 Å². The van der Waals surface area contributed by atoms with Crippen LogP contribution in [0.1, 0.15) is 39.2 Å². The van der Waals surface area contributed by atoms with Crippen molar-refractivity contribution in [3.63, 3.8) is 0 Å². The molecule has 0 aliphatic carbocycles. The second-order valence-electron chi connectivity index (χ2n) is 7.61. The second-order valence-corrected chi connectivity index (χ2v) is 9.80. The molecule has 1 aliphatic rings. The molecule has 1 aliphatic heterocycles. The van der Waals surface area contributed by atoms with Crippen LogP contribution in [-0.2, 0) is 14.6 Å². The summed E-state index contributed by atoms with van der Waals surface area (Å²) in [5.41, 5.74) is -1.04. The lowest BCUT2D eigenvalue weighted by molar-refractivity contribution is -0.167. The molecule has 0 fully saturated rings. The van der Waals surface area contributed by atoms with Crippen LogP contribution in [0, 0.1) is 0 Å². The molecule has 1 unspecified atom stereocenters. The Morgan fingerprint density at radius 2 is 1.80 bits per heavy atom. The maximum Gasteiger partial charge on any atom is 0.471 e. The van der Waals surface area contributed by atoms with Crippen LogP contribution in [0.25, 0.3) is 0 Å². The van der Waals surface area contributed by atoms with Crippen LogP contribution in [0.15, 0.2) is 36.4 Å². The Morgan fingerprint density at radius 3 is 2.37 bits per heavy atom. The number of carbonyl (C=O) groups is 3. The zero-order chi connectivity index (χ0) is 26.1. The highest BCUT2D eigenvalue weighted by Crippen LogP contribution is 2.38. The lowest BCUT2D eigenvalue weighted by Gasteiger charge is -2.27. The van der Waals surface area contributed by atoms with E-state index in [2.05, 4.69) is 0 Å². The molecule has 1 N–H and O–H groups in total. The third-order valence-electron chi connectivity index (χ3n) is 5.10. The number of hydrogen-bond donors (Lipinski definition) is 1. The monoisotopic (exact) mass is 514 g/mol. The molecule has 13 heteroatoms. The third kappa shape index (κ3) is 5.39. The van der Waals surface area contributed by atoms with Gasteiger partial charge in [-0.25, -0.2) is 8.42 Å². The summed E-state index contributed by atoms with van der Waals surface area (Å²) in [4.78, 5) is 38.6. The van der Waals surface area contributed by atoms with E-state index in [1.54, 1.807) is 12.2 Å². The molecular weight excluding hydrogens is 493 g/mol. The zero-order valence-corrected chi connectivity index (χ0v) is 19.6. The average Bonchev–Trinajstić information content (AvgIpc) is 3.02. The van der Waals surface area contributed by atoms with E-state index in [9.17, 15) is 36.0 Å². The molecule has 2 aromatic carbocycles. The minimum atomic E-state index is -5.23. The zero-order valence-electron chi connectivity index (χ0n) is 18.8. The number of carbonyl (C=O) groups excluding carboxylic acids is 3. The van der Waals surface area contributed by atoms with Gasteiger partial charge in [0, 0.05) is 6.26 Å². The van der Waals surface area contributed by atoms with Crippen LogP contribution in [0.5, 0.6) is 11.5 Å². The number of rotatable bonds is 8. The quantitative estimate of drug-likeness (QED) is 0.538. The van der Waals surface area contributed by atoms with Gasteiger partial charge in [0.25, 0.3) is 11.8 Å². The number of imide groups is 1. The van der Waals surface area contributed by atoms with Crippen LogP contribution in [0.4, 0.5) is 18.9 Å². The summed E-state index contributed by atoms with van der Waals surface area (Å²) in [6.45, 7) is 1.95. The largest absolute Gasteiger partial charge is 0.493 e. The second kappa shape index (κ2) is 9.56. The number of nitrogens with zero attached hydrogens (tertiary/aromatic N) is 1. The molecule has 3 amide bonds. The van der Waals surface area contributed by atoms with Crippen LogP contribution in [0.2, 0.25) is 0 Å². The standard InChI is InChI=1S/C22H21F3N2O7S/c1-4-34-17-10-12(8-9-16(17)33-2)15(11-35(3,31)32)27-19(28)13-6-5-7-14(18(13)20(27)29)26-21(30)22(23,24)25/h5-10,15H,4,11H2,1-3H3,(H,26,30). The van der Waals surface area contributed by atoms with Gasteiger partial charge in [0.05, 0.1) is 42.3 Å². The van der Waals surface area contributed by atoms with Crippen LogP contribution in [0.3, 0.4) is 0 Å². The van der Waals surface area contributed by atoms with E-state index >= 15 is 0 Å². The van der Waals surface area contributed by atoms with Gasteiger partial charge in [-0.1, -0.05) is 12.1 Å². The van der Waals surface area contributed by atoms with Crippen LogP contribution >= 0.6 is 0 Å². The number of ether oxygens (including phenoxy) is 2. The molecule has 0 saturated carbocycles. The summed E-state index contributed by atoms with van der Waals surface area (Å²) in [6, 6.07) is 6.46. The molecule has 1 atom stereocenters. The first-order valence-electron chi connectivity index (χ1n) is 10.2. The molecule has 0 aromatic heterocycles. The molecule has 1 heterocycles. The smallest absolute Gasteiger partial charge is 0.471 e. The Balaban J connectivity index is 2.11. The van der Waals surface area contributed by atoms with E-state index in [4.69, 9.17) is 9.47 Å². The van der Waals surface area contributed by atoms with Gasteiger partial charge >= 0.3 is 12.1 Å². The average molecular weight is 514 g/mol. The Kier molecular flexibility index (Phi) is 7.11. The van der Waals surface area contributed by atoms with Crippen molar-refractivity contribution in [1.29, 1.82) is 0 Å². The number of alkyl halides is 3. The van der Waals surface area contributed by atoms with Crippen LogP contribution < -0.4 is 14.8 Å². The Hall–Kier alpha value is -3.61. The number of benzene rings is 2. The fourth-order valence-electron chi connectivity index (χ4n) is 3.66. The number of fused-ring (bicyclic) bond motifs is 1. The minimum absolute atomic E-state index is 0.218. The minimum Gasteiger partial charge on any atom is -0.493 e. The highest BCUT2D eigenvalue weighted by atomic mass is 32.2. The molecule has 188 valence electrons. The van der Waals surface area contributed by atoms with Gasteiger partial charge in [-0.15, -0.1) is 0 Å². The number of methoxy groups -OCH3 is 1.